The number of ether oxygens (including phenoxy) is 1. The molecule has 0 aliphatic carbocycles. The Kier molecular flexibility index (Phi) is 8.81. The van der Waals surface area contributed by atoms with E-state index in [0.717, 1.165) is 43.6 Å². The topological polar surface area (TPSA) is 37.6 Å². The van der Waals surface area contributed by atoms with Crippen LogP contribution in [0.15, 0.2) is 42.6 Å². The lowest BCUT2D eigenvalue weighted by Gasteiger charge is -2.25. The summed E-state index contributed by atoms with van der Waals surface area (Å²) in [7, 11) is 1.71. The molecule has 2 aromatic rings. The second kappa shape index (κ2) is 11.1. The van der Waals surface area contributed by atoms with Crippen LogP contribution in [0.25, 0.3) is 0 Å². The van der Waals surface area contributed by atoms with Gasteiger partial charge in [0.2, 0.25) is 0 Å². The Labute approximate surface area is 156 Å². The lowest BCUT2D eigenvalue weighted by atomic mass is 10.2. The van der Waals surface area contributed by atoms with Crippen molar-refractivity contribution >= 4 is 0 Å². The van der Waals surface area contributed by atoms with Crippen LogP contribution < -0.4 is 0 Å². The van der Waals surface area contributed by atoms with Gasteiger partial charge in [-0.3, -0.25) is 4.90 Å². The number of methoxy groups -OCH3 is 1. The standard InChI is InChI=1S/C21H31FN2O2/c1-3-7-21(25)17-23(11-6-13-26-2)16-20-10-5-12-24(20)15-18-8-4-9-19(22)14-18/h4-5,8-10,12,14,21,25H,3,6-7,11,13,15-17H2,1-2H3/t21-/m1/s1. The Morgan fingerprint density at radius 2 is 2.12 bits per heavy atom. The predicted octanol–water partition coefficient (Wildman–Crippen LogP) is 3.68. The summed E-state index contributed by atoms with van der Waals surface area (Å²) in [6.45, 7) is 5.73. The second-order valence-corrected chi connectivity index (χ2v) is 6.78. The zero-order valence-electron chi connectivity index (χ0n) is 15.9. The van der Waals surface area contributed by atoms with Crippen molar-refractivity contribution in [3.63, 3.8) is 0 Å². The van der Waals surface area contributed by atoms with Crippen LogP contribution in [0.3, 0.4) is 0 Å². The molecule has 0 bridgehead atoms. The molecule has 0 fully saturated rings. The molecule has 5 heteroatoms. The summed E-state index contributed by atoms with van der Waals surface area (Å²) in [5, 5.41) is 10.2. The molecule has 1 aromatic carbocycles. The van der Waals surface area contributed by atoms with E-state index in [1.165, 1.54) is 6.07 Å². The van der Waals surface area contributed by atoms with Crippen molar-refractivity contribution in [1.29, 1.82) is 0 Å². The van der Waals surface area contributed by atoms with Gasteiger partial charge in [0.1, 0.15) is 5.82 Å². The van der Waals surface area contributed by atoms with Gasteiger partial charge in [-0.2, -0.15) is 0 Å². The van der Waals surface area contributed by atoms with E-state index in [-0.39, 0.29) is 11.9 Å². The SMILES string of the molecule is CCC[C@@H](O)CN(CCCOC)Cc1cccn1Cc1cccc(F)c1. The number of benzene rings is 1. The summed E-state index contributed by atoms with van der Waals surface area (Å²) >= 11 is 0. The van der Waals surface area contributed by atoms with Crippen molar-refractivity contribution in [3.8, 4) is 0 Å². The maximum Gasteiger partial charge on any atom is 0.123 e. The van der Waals surface area contributed by atoms with Gasteiger partial charge >= 0.3 is 0 Å². The third kappa shape index (κ3) is 6.90. The lowest BCUT2D eigenvalue weighted by Crippen LogP contribution is -2.34. The van der Waals surface area contributed by atoms with Crippen LogP contribution in [0.2, 0.25) is 0 Å². The fourth-order valence-corrected chi connectivity index (χ4v) is 3.20. The van der Waals surface area contributed by atoms with Gasteiger partial charge in [-0.05, 0) is 42.7 Å². The van der Waals surface area contributed by atoms with Crippen LogP contribution >= 0.6 is 0 Å². The molecule has 0 radical (unpaired) electrons. The van der Waals surface area contributed by atoms with Gasteiger partial charge in [0, 0.05) is 51.8 Å². The molecular weight excluding hydrogens is 331 g/mol. The van der Waals surface area contributed by atoms with Gasteiger partial charge < -0.3 is 14.4 Å². The quantitative estimate of drug-likeness (QED) is 0.586. The van der Waals surface area contributed by atoms with Crippen molar-refractivity contribution < 1.29 is 14.2 Å². The van der Waals surface area contributed by atoms with E-state index in [2.05, 4.69) is 22.5 Å². The van der Waals surface area contributed by atoms with Crippen molar-refractivity contribution in [3.05, 3.63) is 59.7 Å². The van der Waals surface area contributed by atoms with Gasteiger partial charge in [-0.1, -0.05) is 25.5 Å². The number of rotatable bonds is 12. The summed E-state index contributed by atoms with van der Waals surface area (Å²) in [6.07, 6.45) is 4.43. The van der Waals surface area contributed by atoms with Crippen LogP contribution in [-0.4, -0.2) is 47.5 Å². The molecule has 0 saturated carbocycles. The monoisotopic (exact) mass is 362 g/mol. The molecular formula is C21H31FN2O2. The summed E-state index contributed by atoms with van der Waals surface area (Å²) in [6, 6.07) is 10.8. The van der Waals surface area contributed by atoms with Gasteiger partial charge in [0.05, 0.1) is 6.10 Å². The minimum Gasteiger partial charge on any atom is -0.392 e. The fraction of sp³-hybridized carbons (Fsp3) is 0.524. The molecule has 0 aliphatic heterocycles. The zero-order valence-corrected chi connectivity index (χ0v) is 15.9. The van der Waals surface area contributed by atoms with E-state index >= 15 is 0 Å². The third-order valence-electron chi connectivity index (χ3n) is 4.46. The van der Waals surface area contributed by atoms with Crippen LogP contribution in [0.4, 0.5) is 4.39 Å². The molecule has 0 spiro atoms. The Hall–Kier alpha value is -1.69. The first-order chi connectivity index (χ1) is 12.6. The maximum absolute atomic E-state index is 13.4. The summed E-state index contributed by atoms with van der Waals surface area (Å²) in [4.78, 5) is 2.27. The van der Waals surface area contributed by atoms with E-state index in [9.17, 15) is 9.50 Å². The van der Waals surface area contributed by atoms with E-state index in [4.69, 9.17) is 4.74 Å². The Morgan fingerprint density at radius 1 is 1.27 bits per heavy atom. The highest BCUT2D eigenvalue weighted by molar-refractivity contribution is 5.18. The minimum absolute atomic E-state index is 0.208. The number of hydrogen-bond acceptors (Lipinski definition) is 3. The molecule has 26 heavy (non-hydrogen) atoms. The number of aliphatic hydroxyl groups is 1. The minimum atomic E-state index is -0.311. The van der Waals surface area contributed by atoms with E-state index in [0.29, 0.717) is 19.7 Å². The Balaban J connectivity index is 2.03. The molecule has 1 atom stereocenters. The molecule has 2 rings (SSSR count). The first-order valence-corrected chi connectivity index (χ1v) is 9.40. The zero-order chi connectivity index (χ0) is 18.8. The first kappa shape index (κ1) is 20.6. The highest BCUT2D eigenvalue weighted by atomic mass is 19.1. The summed E-state index contributed by atoms with van der Waals surface area (Å²) in [5.74, 6) is -0.208. The molecule has 4 nitrogen and oxygen atoms in total. The van der Waals surface area contributed by atoms with Crippen molar-refractivity contribution in [2.45, 2.75) is 45.4 Å². The highest BCUT2D eigenvalue weighted by Gasteiger charge is 2.14. The normalized spacial score (nSPS) is 12.7. The summed E-state index contributed by atoms with van der Waals surface area (Å²) in [5.41, 5.74) is 2.11. The molecule has 0 amide bonds. The van der Waals surface area contributed by atoms with Crippen LogP contribution in [0.1, 0.15) is 37.4 Å². The molecule has 1 aromatic heterocycles. The number of nitrogens with zero attached hydrogens (tertiary/aromatic N) is 2. The predicted molar refractivity (Wildman–Crippen MR) is 103 cm³/mol. The Bertz CT molecular complexity index is 644. The van der Waals surface area contributed by atoms with Gasteiger partial charge in [0.15, 0.2) is 0 Å². The Morgan fingerprint density at radius 3 is 2.85 bits per heavy atom. The van der Waals surface area contributed by atoms with Crippen LogP contribution in [0, 0.1) is 5.82 Å². The number of aliphatic hydroxyl groups excluding tert-OH is 1. The first-order valence-electron chi connectivity index (χ1n) is 9.40. The average molecular weight is 362 g/mol. The van der Waals surface area contributed by atoms with E-state index in [1.54, 1.807) is 19.2 Å². The molecule has 0 saturated heterocycles. The van der Waals surface area contributed by atoms with Crippen LogP contribution in [-0.2, 0) is 17.8 Å². The largest absolute Gasteiger partial charge is 0.392 e. The van der Waals surface area contributed by atoms with Crippen molar-refractivity contribution in [1.82, 2.24) is 9.47 Å². The van der Waals surface area contributed by atoms with Crippen LogP contribution in [0.5, 0.6) is 0 Å². The van der Waals surface area contributed by atoms with Crippen molar-refractivity contribution in [2.24, 2.45) is 0 Å². The molecule has 144 valence electrons. The fourth-order valence-electron chi connectivity index (χ4n) is 3.20. The molecule has 1 heterocycles. The average Bonchev–Trinajstić information content (AvgIpc) is 3.02. The van der Waals surface area contributed by atoms with Gasteiger partial charge in [-0.15, -0.1) is 0 Å². The molecule has 1 N–H and O–H groups in total. The maximum atomic E-state index is 13.4. The third-order valence-corrected chi connectivity index (χ3v) is 4.46. The molecule has 0 unspecified atom stereocenters. The van der Waals surface area contributed by atoms with Crippen molar-refractivity contribution in [2.75, 3.05) is 26.8 Å². The molecule has 0 aliphatic rings. The second-order valence-electron chi connectivity index (χ2n) is 6.78. The summed E-state index contributed by atoms with van der Waals surface area (Å²) < 4.78 is 20.7. The van der Waals surface area contributed by atoms with Gasteiger partial charge in [0.25, 0.3) is 0 Å². The number of aromatic nitrogens is 1. The smallest absolute Gasteiger partial charge is 0.123 e. The van der Waals surface area contributed by atoms with E-state index < -0.39 is 0 Å². The number of hydrogen-bond donors (Lipinski definition) is 1. The van der Waals surface area contributed by atoms with E-state index in [1.807, 2.05) is 18.3 Å². The highest BCUT2D eigenvalue weighted by Crippen LogP contribution is 2.13. The lowest BCUT2D eigenvalue weighted by molar-refractivity contribution is 0.0918. The number of halogens is 1. The van der Waals surface area contributed by atoms with Gasteiger partial charge in [-0.25, -0.2) is 4.39 Å².